The van der Waals surface area contributed by atoms with Crippen molar-refractivity contribution in [3.05, 3.63) is 55.5 Å². The molecule has 0 aliphatic heterocycles. The van der Waals surface area contributed by atoms with Crippen LogP contribution in [0.2, 0.25) is 0 Å². The minimum Gasteiger partial charge on any atom is -0.477 e. The predicted molar refractivity (Wildman–Crippen MR) is 90.5 cm³/mol. The van der Waals surface area contributed by atoms with Crippen LogP contribution in [-0.2, 0) is 4.79 Å². The second kappa shape index (κ2) is 7.72. The summed E-state index contributed by atoms with van der Waals surface area (Å²) in [6.45, 7) is 1.34. The van der Waals surface area contributed by atoms with E-state index in [9.17, 15) is 14.9 Å². The number of carbonyl (C=O) groups is 1. The molecule has 2 aromatic rings. The van der Waals surface area contributed by atoms with Gasteiger partial charge in [0.1, 0.15) is 5.76 Å². The molecular formula is C14H12IN3O5. The Hall–Kier alpha value is -2.43. The largest absolute Gasteiger partial charge is 0.477 e. The Morgan fingerprint density at radius 3 is 2.91 bits per heavy atom. The molecule has 8 nitrogen and oxygen atoms in total. The standard InChI is InChI=1S/C14H12IN3O5/c1-9-2-4-12(11(6-9)18(20)21)22-8-14(19)17-16-7-10-3-5-13(15)23-10/h2-7H,8H2,1H3,(H,17,19). The van der Waals surface area contributed by atoms with E-state index in [1.165, 1.54) is 18.3 Å². The van der Waals surface area contributed by atoms with E-state index in [1.807, 2.05) is 22.6 Å². The van der Waals surface area contributed by atoms with Crippen molar-refractivity contribution in [2.24, 2.45) is 5.10 Å². The van der Waals surface area contributed by atoms with Crippen LogP contribution in [-0.4, -0.2) is 23.7 Å². The van der Waals surface area contributed by atoms with Gasteiger partial charge < -0.3 is 9.15 Å². The molecule has 1 heterocycles. The number of hydrogen-bond donors (Lipinski definition) is 1. The molecule has 1 N–H and O–H groups in total. The fraction of sp³-hybridized carbons (Fsp3) is 0.143. The quantitative estimate of drug-likeness (QED) is 0.329. The number of rotatable bonds is 6. The molecule has 0 radical (unpaired) electrons. The van der Waals surface area contributed by atoms with Gasteiger partial charge in [-0.1, -0.05) is 6.07 Å². The molecule has 1 aromatic heterocycles. The second-order valence-corrected chi connectivity index (χ2v) is 5.52. The number of aryl methyl sites for hydroxylation is 1. The number of halogens is 1. The van der Waals surface area contributed by atoms with Crippen molar-refractivity contribution >= 4 is 40.4 Å². The summed E-state index contributed by atoms with van der Waals surface area (Å²) in [5, 5.41) is 14.6. The van der Waals surface area contributed by atoms with Crippen LogP contribution in [0.4, 0.5) is 5.69 Å². The number of ether oxygens (including phenoxy) is 1. The van der Waals surface area contributed by atoms with Crippen LogP contribution in [0.3, 0.4) is 0 Å². The van der Waals surface area contributed by atoms with Crippen molar-refractivity contribution < 1.29 is 18.9 Å². The first kappa shape index (κ1) is 16.9. The van der Waals surface area contributed by atoms with Gasteiger partial charge in [0, 0.05) is 6.07 Å². The van der Waals surface area contributed by atoms with Crippen molar-refractivity contribution in [1.82, 2.24) is 5.43 Å². The topological polar surface area (TPSA) is 107 Å². The number of hydrazone groups is 1. The minimum absolute atomic E-state index is 0.0281. The van der Waals surface area contributed by atoms with E-state index < -0.39 is 17.4 Å². The molecule has 120 valence electrons. The number of nitrogens with zero attached hydrogens (tertiary/aromatic N) is 2. The van der Waals surface area contributed by atoms with Crippen molar-refractivity contribution in [3.8, 4) is 5.75 Å². The molecule has 0 aliphatic rings. The van der Waals surface area contributed by atoms with E-state index in [1.54, 1.807) is 25.1 Å². The predicted octanol–water partition coefficient (Wildman–Crippen LogP) is 2.63. The zero-order chi connectivity index (χ0) is 16.8. The Labute approximate surface area is 144 Å². The zero-order valence-electron chi connectivity index (χ0n) is 12.0. The number of carbonyl (C=O) groups excluding carboxylic acids is 1. The molecule has 9 heteroatoms. The molecule has 0 saturated carbocycles. The number of amides is 1. The maximum absolute atomic E-state index is 11.6. The van der Waals surface area contributed by atoms with E-state index in [-0.39, 0.29) is 11.4 Å². The highest BCUT2D eigenvalue weighted by Gasteiger charge is 2.16. The average Bonchev–Trinajstić information content (AvgIpc) is 2.91. The number of nitro benzene ring substituents is 1. The van der Waals surface area contributed by atoms with E-state index in [0.717, 1.165) is 5.56 Å². The van der Waals surface area contributed by atoms with Gasteiger partial charge in [-0.2, -0.15) is 5.10 Å². The normalized spacial score (nSPS) is 10.7. The lowest BCUT2D eigenvalue weighted by Gasteiger charge is -2.06. The van der Waals surface area contributed by atoms with Gasteiger partial charge in [0.2, 0.25) is 0 Å². The lowest BCUT2D eigenvalue weighted by atomic mass is 10.2. The van der Waals surface area contributed by atoms with E-state index in [4.69, 9.17) is 9.15 Å². The highest BCUT2D eigenvalue weighted by atomic mass is 127. The smallest absolute Gasteiger partial charge is 0.311 e. The number of nitrogens with one attached hydrogen (secondary N) is 1. The fourth-order valence-electron chi connectivity index (χ4n) is 1.63. The molecule has 0 spiro atoms. The Bertz CT molecular complexity index is 757. The number of nitro groups is 1. The summed E-state index contributed by atoms with van der Waals surface area (Å²) in [7, 11) is 0. The number of hydrogen-bond acceptors (Lipinski definition) is 6. The Morgan fingerprint density at radius 1 is 1.48 bits per heavy atom. The third kappa shape index (κ3) is 5.06. The maximum atomic E-state index is 11.6. The van der Waals surface area contributed by atoms with Gasteiger partial charge in [-0.15, -0.1) is 0 Å². The van der Waals surface area contributed by atoms with Gasteiger partial charge >= 0.3 is 5.69 Å². The van der Waals surface area contributed by atoms with Crippen LogP contribution in [0, 0.1) is 20.8 Å². The Morgan fingerprint density at radius 2 is 2.26 bits per heavy atom. The summed E-state index contributed by atoms with van der Waals surface area (Å²) in [4.78, 5) is 22.0. The third-order valence-corrected chi connectivity index (χ3v) is 3.22. The Kier molecular flexibility index (Phi) is 5.68. The summed E-state index contributed by atoms with van der Waals surface area (Å²) in [5.74, 6) is -0.0255. The van der Waals surface area contributed by atoms with Crippen LogP contribution in [0.1, 0.15) is 11.3 Å². The van der Waals surface area contributed by atoms with E-state index >= 15 is 0 Å². The number of benzene rings is 1. The summed E-state index contributed by atoms with van der Waals surface area (Å²) in [5.41, 5.74) is 2.78. The average molecular weight is 429 g/mol. The van der Waals surface area contributed by atoms with Gasteiger partial charge in [-0.05, 0) is 53.3 Å². The monoisotopic (exact) mass is 429 g/mol. The first-order chi connectivity index (χ1) is 11.0. The van der Waals surface area contributed by atoms with Gasteiger partial charge in [0.25, 0.3) is 5.91 Å². The maximum Gasteiger partial charge on any atom is 0.311 e. The van der Waals surface area contributed by atoms with Crippen LogP contribution < -0.4 is 10.2 Å². The molecule has 0 atom stereocenters. The lowest BCUT2D eigenvalue weighted by molar-refractivity contribution is -0.385. The molecule has 0 aliphatic carbocycles. The summed E-state index contributed by atoms with van der Waals surface area (Å²) < 4.78 is 11.1. The first-order valence-electron chi connectivity index (χ1n) is 6.41. The fourth-order valence-corrected chi connectivity index (χ4v) is 2.07. The Balaban J connectivity index is 1.89. The molecular weight excluding hydrogens is 417 g/mol. The summed E-state index contributed by atoms with van der Waals surface area (Å²) in [6.07, 6.45) is 1.34. The van der Waals surface area contributed by atoms with Crippen molar-refractivity contribution in [1.29, 1.82) is 0 Å². The molecule has 0 unspecified atom stereocenters. The number of furan rings is 1. The van der Waals surface area contributed by atoms with Gasteiger partial charge in [-0.3, -0.25) is 14.9 Å². The molecule has 0 fully saturated rings. The van der Waals surface area contributed by atoms with Crippen LogP contribution in [0.5, 0.6) is 5.75 Å². The second-order valence-electron chi connectivity index (χ2n) is 4.45. The van der Waals surface area contributed by atoms with E-state index in [0.29, 0.717) is 9.53 Å². The van der Waals surface area contributed by atoms with Gasteiger partial charge in [0.15, 0.2) is 16.1 Å². The van der Waals surface area contributed by atoms with Crippen LogP contribution >= 0.6 is 22.6 Å². The van der Waals surface area contributed by atoms with Crippen molar-refractivity contribution in [3.63, 3.8) is 0 Å². The first-order valence-corrected chi connectivity index (χ1v) is 7.48. The zero-order valence-corrected chi connectivity index (χ0v) is 14.1. The third-order valence-electron chi connectivity index (χ3n) is 2.64. The SMILES string of the molecule is Cc1ccc(OCC(=O)NN=Cc2ccc(I)o2)c([N+](=O)[O-])c1. The van der Waals surface area contributed by atoms with Crippen LogP contribution in [0.25, 0.3) is 0 Å². The summed E-state index contributed by atoms with van der Waals surface area (Å²) >= 11 is 2.01. The van der Waals surface area contributed by atoms with Gasteiger partial charge in [0.05, 0.1) is 11.1 Å². The molecule has 1 amide bonds. The van der Waals surface area contributed by atoms with Gasteiger partial charge in [-0.25, -0.2) is 5.43 Å². The van der Waals surface area contributed by atoms with E-state index in [2.05, 4.69) is 10.5 Å². The molecule has 1 aromatic carbocycles. The molecule has 23 heavy (non-hydrogen) atoms. The van der Waals surface area contributed by atoms with Crippen molar-refractivity contribution in [2.75, 3.05) is 6.61 Å². The van der Waals surface area contributed by atoms with Crippen molar-refractivity contribution in [2.45, 2.75) is 6.92 Å². The summed E-state index contributed by atoms with van der Waals surface area (Å²) in [6, 6.07) is 7.95. The van der Waals surface area contributed by atoms with Crippen LogP contribution in [0.15, 0.2) is 39.9 Å². The molecule has 0 saturated heterocycles. The highest BCUT2D eigenvalue weighted by Crippen LogP contribution is 2.27. The lowest BCUT2D eigenvalue weighted by Crippen LogP contribution is -2.24. The highest BCUT2D eigenvalue weighted by molar-refractivity contribution is 14.1. The molecule has 2 rings (SSSR count). The molecule has 0 bridgehead atoms. The minimum atomic E-state index is -0.559.